The van der Waals surface area contributed by atoms with Crippen molar-refractivity contribution in [1.82, 2.24) is 20.2 Å². The highest BCUT2D eigenvalue weighted by molar-refractivity contribution is 14.0. The number of hydrogen-bond donors (Lipinski definition) is 2. The summed E-state index contributed by atoms with van der Waals surface area (Å²) in [6.45, 7) is 5.64. The zero-order chi connectivity index (χ0) is 19.4. The maximum absolute atomic E-state index is 5.80. The van der Waals surface area contributed by atoms with Crippen molar-refractivity contribution in [3.8, 4) is 5.88 Å². The minimum absolute atomic E-state index is 0. The van der Waals surface area contributed by atoms with Gasteiger partial charge in [0, 0.05) is 44.3 Å². The number of nitrogens with zero attached hydrogens (tertiary/aromatic N) is 3. The fourth-order valence-electron chi connectivity index (χ4n) is 2.69. The largest absolute Gasteiger partial charge is 0.473 e. The first-order valence-electron chi connectivity index (χ1n) is 9.58. The Hall–Kier alpha value is -2.55. The maximum atomic E-state index is 5.80. The van der Waals surface area contributed by atoms with Crippen LogP contribution < -0.4 is 15.4 Å². The van der Waals surface area contributed by atoms with E-state index in [2.05, 4.69) is 44.5 Å². The molecule has 0 fully saturated rings. The molecule has 0 unspecified atom stereocenters. The van der Waals surface area contributed by atoms with Gasteiger partial charge in [0.2, 0.25) is 5.88 Å². The molecule has 1 aromatic carbocycles. The van der Waals surface area contributed by atoms with Gasteiger partial charge in [-0.2, -0.15) is 0 Å². The average molecular weight is 505 g/mol. The lowest BCUT2D eigenvalue weighted by Crippen LogP contribution is -2.38. The molecule has 2 aromatic heterocycles. The summed E-state index contributed by atoms with van der Waals surface area (Å²) in [5.74, 6) is 1.42. The normalized spacial score (nSPS) is 10.9. The quantitative estimate of drug-likeness (QED) is 0.264. The van der Waals surface area contributed by atoms with Crippen LogP contribution in [0.3, 0.4) is 0 Å². The Bertz CT molecular complexity index is 853. The first kappa shape index (κ1) is 22.7. The van der Waals surface area contributed by atoms with E-state index < -0.39 is 0 Å². The number of hydrogen-bond acceptors (Lipinski definition) is 3. The molecule has 0 bridgehead atoms. The molecule has 6 nitrogen and oxygen atoms in total. The van der Waals surface area contributed by atoms with E-state index in [1.165, 1.54) is 0 Å². The molecular weight excluding hydrogens is 477 g/mol. The summed E-state index contributed by atoms with van der Waals surface area (Å²) >= 11 is 0. The number of ether oxygens (including phenoxy) is 1. The monoisotopic (exact) mass is 505 g/mol. The molecule has 0 aliphatic heterocycles. The predicted molar refractivity (Wildman–Crippen MR) is 128 cm³/mol. The van der Waals surface area contributed by atoms with Crippen LogP contribution in [-0.4, -0.2) is 28.6 Å². The summed E-state index contributed by atoms with van der Waals surface area (Å²) in [6.07, 6.45) is 5.87. The molecule has 0 saturated carbocycles. The molecule has 2 heterocycles. The Morgan fingerprint density at radius 2 is 1.83 bits per heavy atom. The molecule has 0 spiro atoms. The lowest BCUT2D eigenvalue weighted by Gasteiger charge is -2.12. The van der Waals surface area contributed by atoms with Gasteiger partial charge < -0.3 is 19.9 Å². The Morgan fingerprint density at radius 1 is 1.03 bits per heavy atom. The summed E-state index contributed by atoms with van der Waals surface area (Å²) in [5, 5.41) is 6.64. The van der Waals surface area contributed by atoms with Crippen LogP contribution in [0.25, 0.3) is 0 Å². The van der Waals surface area contributed by atoms with Crippen molar-refractivity contribution in [2.24, 2.45) is 4.99 Å². The Morgan fingerprint density at radius 3 is 2.59 bits per heavy atom. The molecule has 0 radical (unpaired) electrons. The van der Waals surface area contributed by atoms with Crippen LogP contribution in [0.1, 0.15) is 18.1 Å². The van der Waals surface area contributed by atoms with Crippen molar-refractivity contribution in [2.75, 3.05) is 13.1 Å². The number of guanidine groups is 1. The highest BCUT2D eigenvalue weighted by Gasteiger charge is 2.01. The van der Waals surface area contributed by atoms with Crippen molar-refractivity contribution in [2.45, 2.75) is 26.6 Å². The lowest BCUT2D eigenvalue weighted by molar-refractivity contribution is 0.293. The minimum Gasteiger partial charge on any atom is -0.473 e. The summed E-state index contributed by atoms with van der Waals surface area (Å²) in [7, 11) is 0. The smallest absolute Gasteiger partial charge is 0.213 e. The van der Waals surface area contributed by atoms with Crippen molar-refractivity contribution >= 4 is 29.9 Å². The van der Waals surface area contributed by atoms with Crippen LogP contribution in [0.4, 0.5) is 0 Å². The number of benzene rings is 1. The summed E-state index contributed by atoms with van der Waals surface area (Å²) in [4.78, 5) is 8.96. The Balaban J connectivity index is 0.00000300. The maximum Gasteiger partial charge on any atom is 0.213 e. The second-order valence-electron chi connectivity index (χ2n) is 6.32. The van der Waals surface area contributed by atoms with E-state index in [0.29, 0.717) is 19.0 Å². The van der Waals surface area contributed by atoms with Crippen LogP contribution in [-0.2, 0) is 19.7 Å². The molecule has 0 aliphatic rings. The molecule has 3 aromatic rings. The first-order valence-corrected chi connectivity index (χ1v) is 9.58. The van der Waals surface area contributed by atoms with Crippen LogP contribution in [0.2, 0.25) is 0 Å². The average Bonchev–Trinajstić information content (AvgIpc) is 3.25. The van der Waals surface area contributed by atoms with Gasteiger partial charge in [-0.25, -0.2) is 9.98 Å². The van der Waals surface area contributed by atoms with E-state index in [1.54, 1.807) is 6.20 Å². The third kappa shape index (κ3) is 8.15. The van der Waals surface area contributed by atoms with Gasteiger partial charge in [0.25, 0.3) is 0 Å². The van der Waals surface area contributed by atoms with Gasteiger partial charge in [-0.1, -0.05) is 30.3 Å². The summed E-state index contributed by atoms with van der Waals surface area (Å²) in [5.41, 5.74) is 2.18. The van der Waals surface area contributed by atoms with Crippen molar-refractivity contribution < 1.29 is 4.74 Å². The molecule has 2 N–H and O–H groups in total. The lowest BCUT2D eigenvalue weighted by atomic mass is 10.2. The van der Waals surface area contributed by atoms with E-state index in [9.17, 15) is 0 Å². The van der Waals surface area contributed by atoms with E-state index in [-0.39, 0.29) is 24.0 Å². The molecule has 154 valence electrons. The zero-order valence-corrected chi connectivity index (χ0v) is 19.0. The molecule has 0 aliphatic carbocycles. The minimum atomic E-state index is 0. The third-order valence-electron chi connectivity index (χ3n) is 4.12. The molecule has 3 rings (SSSR count). The van der Waals surface area contributed by atoms with Gasteiger partial charge in [0.1, 0.15) is 6.61 Å². The summed E-state index contributed by atoms with van der Waals surface area (Å²) in [6, 6.07) is 18.0. The Kier molecular flexibility index (Phi) is 10.1. The number of halogens is 1. The molecule has 0 atom stereocenters. The Labute approximate surface area is 189 Å². The molecule has 0 saturated heterocycles. The molecule has 0 amide bonds. The number of nitrogens with one attached hydrogen (secondary N) is 2. The van der Waals surface area contributed by atoms with Crippen LogP contribution in [0.5, 0.6) is 5.88 Å². The highest BCUT2D eigenvalue weighted by Crippen LogP contribution is 2.12. The zero-order valence-electron chi connectivity index (χ0n) is 16.6. The third-order valence-corrected chi connectivity index (χ3v) is 4.12. The van der Waals surface area contributed by atoms with E-state index in [0.717, 1.165) is 36.7 Å². The van der Waals surface area contributed by atoms with Gasteiger partial charge >= 0.3 is 0 Å². The fourth-order valence-corrected chi connectivity index (χ4v) is 2.69. The number of aliphatic imine (C=N–C) groups is 1. The van der Waals surface area contributed by atoms with E-state index in [1.807, 2.05) is 54.6 Å². The van der Waals surface area contributed by atoms with E-state index >= 15 is 0 Å². The predicted octanol–water partition coefficient (Wildman–Crippen LogP) is 3.84. The van der Waals surface area contributed by atoms with Crippen molar-refractivity contribution in [3.63, 3.8) is 0 Å². The van der Waals surface area contributed by atoms with Gasteiger partial charge in [0.05, 0.1) is 6.54 Å². The second kappa shape index (κ2) is 12.8. The van der Waals surface area contributed by atoms with Crippen LogP contribution >= 0.6 is 24.0 Å². The molecule has 7 heteroatoms. The van der Waals surface area contributed by atoms with Gasteiger partial charge in [-0.3, -0.25) is 0 Å². The van der Waals surface area contributed by atoms with Gasteiger partial charge in [-0.05, 0) is 36.2 Å². The SMILES string of the molecule is CCNC(=NCc1ccnc(OCc2ccccc2)c1)NCCn1cccc1.I. The van der Waals surface area contributed by atoms with Crippen LogP contribution in [0.15, 0.2) is 78.2 Å². The molecular formula is C22H28IN5O. The number of rotatable bonds is 9. The number of aromatic nitrogens is 2. The van der Waals surface area contributed by atoms with Crippen LogP contribution in [0, 0.1) is 0 Å². The summed E-state index contributed by atoms with van der Waals surface area (Å²) < 4.78 is 7.93. The van der Waals surface area contributed by atoms with Gasteiger partial charge in [-0.15, -0.1) is 24.0 Å². The fraction of sp³-hybridized carbons (Fsp3) is 0.273. The highest BCUT2D eigenvalue weighted by atomic mass is 127. The van der Waals surface area contributed by atoms with E-state index in [4.69, 9.17) is 4.74 Å². The second-order valence-corrected chi connectivity index (χ2v) is 6.32. The topological polar surface area (TPSA) is 63.5 Å². The van der Waals surface area contributed by atoms with Crippen molar-refractivity contribution in [3.05, 3.63) is 84.3 Å². The first-order chi connectivity index (χ1) is 13.8. The van der Waals surface area contributed by atoms with Crippen molar-refractivity contribution in [1.29, 1.82) is 0 Å². The number of pyridine rings is 1. The molecule has 29 heavy (non-hydrogen) atoms. The van der Waals surface area contributed by atoms with Gasteiger partial charge in [0.15, 0.2) is 5.96 Å². The standard InChI is InChI=1S/C22H27N5O.HI/c1-2-23-22(25-12-15-27-13-6-7-14-27)26-17-20-10-11-24-21(16-20)28-18-19-8-4-3-5-9-19;/h3-11,13-14,16H,2,12,15,17-18H2,1H3,(H2,23,25,26);1H.